The van der Waals surface area contributed by atoms with E-state index >= 15 is 0 Å². The van der Waals surface area contributed by atoms with Crippen LogP contribution in [0.25, 0.3) is 0 Å². The van der Waals surface area contributed by atoms with Gasteiger partial charge < -0.3 is 0 Å². The monoisotopic (exact) mass is 200 g/mol. The maximum Gasteiger partial charge on any atom is 0.000764 e. The Morgan fingerprint density at radius 3 is 2.40 bits per heavy atom. The molecule has 0 saturated heterocycles. The van der Waals surface area contributed by atoms with Crippen LogP contribution in [0.15, 0.2) is 11.5 Å². The highest BCUT2D eigenvalue weighted by molar-refractivity contribution is 14.2. The van der Waals surface area contributed by atoms with E-state index in [1.165, 1.54) is 0 Å². The summed E-state index contributed by atoms with van der Waals surface area (Å²) in [4.78, 5) is 0. The lowest BCUT2D eigenvalue weighted by atomic mass is 10.8. The molecule has 0 saturated carbocycles. The largest absolute Gasteiger partial charge is 0.0805 e. The molecule has 0 unspecified atom stereocenters. The van der Waals surface area contributed by atoms with Gasteiger partial charge >= 0.3 is 0 Å². The third-order valence-corrected chi connectivity index (χ3v) is 1.44. The van der Waals surface area contributed by atoms with E-state index in [9.17, 15) is 0 Å². The molecule has 2 heteroatoms. The molecular weight excluding hydrogens is 195 g/mol. The molecule has 0 atom stereocenters. The fourth-order valence-electron chi connectivity index (χ4n) is 0.0514. The molecule has 0 rings (SSSR count). The number of rotatable bonds is 1. The van der Waals surface area contributed by atoms with Crippen molar-refractivity contribution in [3.63, 3.8) is 0 Å². The summed E-state index contributed by atoms with van der Waals surface area (Å²) in [5, 5.41) is 2.03. The van der Waals surface area contributed by atoms with Gasteiger partial charge in [0.15, 0.2) is 0 Å². The Morgan fingerprint density at radius 2 is 2.40 bits per heavy atom. The Kier molecular flexibility index (Phi) is 5.61. The maximum atomic E-state index is 2.22. The first-order valence-corrected chi connectivity index (χ1v) is 4.72. The van der Waals surface area contributed by atoms with Gasteiger partial charge in [0.05, 0.1) is 0 Å². The topological polar surface area (TPSA) is 0 Å². The lowest BCUT2D eigenvalue weighted by Crippen LogP contribution is -1.26. The third-order valence-electron chi connectivity index (χ3n) is 0.188. The molecule has 0 N–H and O–H groups in total. The van der Waals surface area contributed by atoms with Gasteiger partial charge in [-0.15, -0.1) is 0 Å². The van der Waals surface area contributed by atoms with Crippen molar-refractivity contribution in [2.75, 3.05) is 0 Å². The van der Waals surface area contributed by atoms with E-state index in [-0.39, 0.29) is 0 Å². The van der Waals surface area contributed by atoms with Crippen molar-refractivity contribution in [1.29, 1.82) is 0 Å². The first-order chi connectivity index (χ1) is 2.41. The van der Waals surface area contributed by atoms with Gasteiger partial charge in [0.25, 0.3) is 0 Å². The van der Waals surface area contributed by atoms with E-state index in [4.69, 9.17) is 0 Å². The molecule has 0 amide bonds. The van der Waals surface area contributed by atoms with Crippen molar-refractivity contribution in [3.8, 4) is 0 Å². The second-order valence-corrected chi connectivity index (χ2v) is 2.53. The number of hydrogen-bond acceptors (Lipinski definition) is 1. The first kappa shape index (κ1) is 5.82. The average Bonchev–Trinajstić information content (AvgIpc) is 1.41. The molecule has 0 nitrogen and oxygen atoms in total. The van der Waals surface area contributed by atoms with Crippen molar-refractivity contribution < 1.29 is 0 Å². The van der Waals surface area contributed by atoms with Gasteiger partial charge in [-0.2, -0.15) is 0 Å². The second kappa shape index (κ2) is 4.82. The Balaban J connectivity index is 2.62. The summed E-state index contributed by atoms with van der Waals surface area (Å²) in [7, 11) is 1.69. The van der Waals surface area contributed by atoms with Gasteiger partial charge in [0.1, 0.15) is 0 Å². The van der Waals surface area contributed by atoms with Gasteiger partial charge in [-0.1, -0.05) is 15.0 Å². The average molecular weight is 200 g/mol. The van der Waals surface area contributed by atoms with Gasteiger partial charge in [0, 0.05) is 21.2 Å². The van der Waals surface area contributed by atoms with Crippen molar-refractivity contribution in [1.82, 2.24) is 0 Å². The van der Waals surface area contributed by atoms with Crippen LogP contribution in [0.4, 0.5) is 0 Å². The van der Waals surface area contributed by atoms with Crippen LogP contribution in [0, 0.1) is 0 Å². The van der Waals surface area contributed by atoms with Crippen LogP contribution in [-0.2, 0) is 0 Å². The zero-order valence-corrected chi connectivity index (χ0v) is 5.91. The summed E-state index contributed by atoms with van der Waals surface area (Å²) in [5.74, 6) is 0. The van der Waals surface area contributed by atoms with Crippen LogP contribution in [-0.4, -0.2) is 0 Å². The number of allylic oxidation sites excluding steroid dienone is 1. The molecule has 0 heterocycles. The standard InChI is InChI=1S/C3H5IS/c1-2-3-5-4/h2-3H,1H3/b3-2+. The molecule has 0 aliphatic rings. The van der Waals surface area contributed by atoms with Gasteiger partial charge in [-0.25, -0.2) is 0 Å². The minimum atomic E-state index is 1.69. The van der Waals surface area contributed by atoms with Crippen molar-refractivity contribution in [2.24, 2.45) is 0 Å². The number of halogens is 1. The Hall–Kier alpha value is 0.820. The minimum Gasteiger partial charge on any atom is -0.0805 e. The predicted octanol–water partition coefficient (Wildman–Crippen LogP) is 2.60. The maximum absolute atomic E-state index is 2.22. The fourth-order valence-corrected chi connectivity index (χ4v) is 1.04. The van der Waals surface area contributed by atoms with Crippen molar-refractivity contribution in [3.05, 3.63) is 11.5 Å². The summed E-state index contributed by atoms with van der Waals surface area (Å²) < 4.78 is 0. The lowest BCUT2D eigenvalue weighted by molar-refractivity contribution is 1.79. The summed E-state index contributed by atoms with van der Waals surface area (Å²) >= 11 is 2.22. The molecule has 5 heavy (non-hydrogen) atoms. The zero-order valence-electron chi connectivity index (χ0n) is 2.94. The molecular formula is C3H5IS. The summed E-state index contributed by atoms with van der Waals surface area (Å²) in [6, 6.07) is 0. The summed E-state index contributed by atoms with van der Waals surface area (Å²) in [5.41, 5.74) is 0. The Labute approximate surface area is 48.6 Å². The normalized spacial score (nSPS) is 10.0. The van der Waals surface area contributed by atoms with E-state index in [1.807, 2.05) is 18.4 Å². The highest BCUT2D eigenvalue weighted by atomic mass is 127. The molecule has 0 aromatic rings. The van der Waals surface area contributed by atoms with Crippen molar-refractivity contribution >= 4 is 30.1 Å². The predicted molar refractivity (Wildman–Crippen MR) is 36.4 cm³/mol. The van der Waals surface area contributed by atoms with Crippen LogP contribution < -0.4 is 0 Å². The molecule has 0 fully saturated rings. The van der Waals surface area contributed by atoms with E-state index in [0.29, 0.717) is 0 Å². The van der Waals surface area contributed by atoms with Crippen LogP contribution in [0.3, 0.4) is 0 Å². The molecule has 0 radical (unpaired) electrons. The van der Waals surface area contributed by atoms with Crippen LogP contribution in [0.1, 0.15) is 6.92 Å². The molecule has 0 aromatic heterocycles. The Bertz CT molecular complexity index is 33.9. The minimum absolute atomic E-state index is 1.69. The van der Waals surface area contributed by atoms with Crippen LogP contribution >= 0.6 is 30.1 Å². The second-order valence-electron chi connectivity index (χ2n) is 0.559. The van der Waals surface area contributed by atoms with Crippen molar-refractivity contribution in [2.45, 2.75) is 6.92 Å². The molecule has 0 aliphatic carbocycles. The lowest BCUT2D eigenvalue weighted by Gasteiger charge is -1.62. The van der Waals surface area contributed by atoms with E-state index in [1.54, 1.807) is 8.93 Å². The first-order valence-electron chi connectivity index (χ1n) is 1.30. The van der Waals surface area contributed by atoms with E-state index in [2.05, 4.69) is 21.2 Å². The van der Waals surface area contributed by atoms with E-state index < -0.39 is 0 Å². The van der Waals surface area contributed by atoms with E-state index in [0.717, 1.165) is 0 Å². The van der Waals surface area contributed by atoms with Gasteiger partial charge in [0.2, 0.25) is 0 Å². The molecule has 0 spiro atoms. The summed E-state index contributed by atoms with van der Waals surface area (Å²) in [6.07, 6.45) is 2.01. The quantitative estimate of drug-likeness (QED) is 0.586. The smallest absolute Gasteiger partial charge is 0.000764 e. The molecule has 0 aliphatic heterocycles. The molecule has 0 bridgehead atoms. The molecule has 30 valence electrons. The fraction of sp³-hybridized carbons (Fsp3) is 0.333. The highest BCUT2D eigenvalue weighted by Gasteiger charge is 1.54. The van der Waals surface area contributed by atoms with Gasteiger partial charge in [-0.3, -0.25) is 0 Å². The van der Waals surface area contributed by atoms with Crippen LogP contribution in [0.2, 0.25) is 0 Å². The van der Waals surface area contributed by atoms with Crippen LogP contribution in [0.5, 0.6) is 0 Å². The van der Waals surface area contributed by atoms with Gasteiger partial charge in [-0.05, 0) is 12.3 Å². The highest BCUT2D eigenvalue weighted by Crippen LogP contribution is 2.10. The zero-order chi connectivity index (χ0) is 4.12. The SMILES string of the molecule is C/C=C/SI. The molecule has 0 aromatic carbocycles. The Morgan fingerprint density at radius 1 is 1.80 bits per heavy atom. The number of hydrogen-bond donors (Lipinski definition) is 0. The third kappa shape index (κ3) is 4.82. The summed E-state index contributed by atoms with van der Waals surface area (Å²) in [6.45, 7) is 2.01.